The molecule has 8 heteroatoms. The van der Waals surface area contributed by atoms with Crippen LogP contribution in [0.1, 0.15) is 26.3 Å². The number of guanidine groups is 1. The molecule has 2 N–H and O–H groups in total. The van der Waals surface area contributed by atoms with Crippen molar-refractivity contribution < 1.29 is 4.74 Å². The lowest BCUT2D eigenvalue weighted by Crippen LogP contribution is -2.50. The van der Waals surface area contributed by atoms with Gasteiger partial charge in [-0.3, -0.25) is 4.90 Å². The molecular formula is C23H41N7O. The van der Waals surface area contributed by atoms with Crippen LogP contribution in [0, 0.1) is 5.92 Å². The van der Waals surface area contributed by atoms with E-state index in [2.05, 4.69) is 70.3 Å². The summed E-state index contributed by atoms with van der Waals surface area (Å²) in [5.74, 6) is 2.57. The van der Waals surface area contributed by atoms with Gasteiger partial charge in [0.15, 0.2) is 5.96 Å². The zero-order valence-electron chi connectivity index (χ0n) is 19.8. The molecule has 2 aliphatic rings. The smallest absolute Gasteiger partial charge is 0.191 e. The molecule has 1 aromatic heterocycles. The quantitative estimate of drug-likeness (QED) is 0.474. The summed E-state index contributed by atoms with van der Waals surface area (Å²) in [4.78, 5) is 16.6. The lowest BCUT2D eigenvalue weighted by Gasteiger charge is -2.34. The van der Waals surface area contributed by atoms with Crippen molar-refractivity contribution in [3.05, 3.63) is 23.9 Å². The van der Waals surface area contributed by atoms with E-state index in [9.17, 15) is 0 Å². The minimum absolute atomic E-state index is 0.195. The van der Waals surface area contributed by atoms with E-state index in [-0.39, 0.29) is 6.10 Å². The fourth-order valence-corrected chi connectivity index (χ4v) is 4.04. The Labute approximate surface area is 188 Å². The third kappa shape index (κ3) is 7.94. The number of morpholine rings is 1. The highest BCUT2D eigenvalue weighted by Gasteiger charge is 2.21. The Kier molecular flexibility index (Phi) is 9.36. The summed E-state index contributed by atoms with van der Waals surface area (Å²) in [6.07, 6.45) is 2.15. The van der Waals surface area contributed by atoms with Gasteiger partial charge in [0, 0.05) is 65.1 Å². The minimum Gasteiger partial charge on any atom is -0.374 e. The molecule has 31 heavy (non-hydrogen) atoms. The topological polar surface area (TPSA) is 68.3 Å². The van der Waals surface area contributed by atoms with Crippen molar-refractivity contribution >= 4 is 11.8 Å². The van der Waals surface area contributed by atoms with Crippen LogP contribution in [-0.2, 0) is 11.3 Å². The van der Waals surface area contributed by atoms with Gasteiger partial charge in [-0.05, 0) is 31.5 Å². The predicted molar refractivity (Wildman–Crippen MR) is 128 cm³/mol. The van der Waals surface area contributed by atoms with Gasteiger partial charge in [-0.25, -0.2) is 9.98 Å². The molecule has 0 spiro atoms. The maximum atomic E-state index is 5.95. The predicted octanol–water partition coefficient (Wildman–Crippen LogP) is 1.25. The van der Waals surface area contributed by atoms with Crippen molar-refractivity contribution in [1.29, 1.82) is 0 Å². The lowest BCUT2D eigenvalue weighted by molar-refractivity contribution is -0.0284. The summed E-state index contributed by atoms with van der Waals surface area (Å²) in [6, 6.07) is 4.26. The number of hydrogen-bond acceptors (Lipinski definition) is 6. The lowest BCUT2D eigenvalue weighted by atomic mass is 10.2. The van der Waals surface area contributed by atoms with Crippen molar-refractivity contribution in [1.82, 2.24) is 25.4 Å². The summed E-state index contributed by atoms with van der Waals surface area (Å²) in [5.41, 5.74) is 1.12. The summed E-state index contributed by atoms with van der Waals surface area (Å²) in [5, 5.41) is 6.80. The first-order valence-corrected chi connectivity index (χ1v) is 11.8. The van der Waals surface area contributed by atoms with Gasteiger partial charge in [0.1, 0.15) is 5.82 Å². The molecule has 8 nitrogen and oxygen atoms in total. The van der Waals surface area contributed by atoms with Crippen LogP contribution >= 0.6 is 0 Å². The first kappa shape index (κ1) is 23.8. The average molecular weight is 432 g/mol. The first-order valence-electron chi connectivity index (χ1n) is 11.8. The van der Waals surface area contributed by atoms with E-state index in [0.717, 1.165) is 82.9 Å². The Hall–Kier alpha value is -1.90. The van der Waals surface area contributed by atoms with Gasteiger partial charge in [-0.15, -0.1) is 0 Å². The molecule has 2 saturated heterocycles. The van der Waals surface area contributed by atoms with E-state index in [1.165, 1.54) is 0 Å². The molecule has 1 unspecified atom stereocenters. The average Bonchev–Trinajstić information content (AvgIpc) is 2.76. The van der Waals surface area contributed by atoms with E-state index in [0.29, 0.717) is 12.5 Å². The van der Waals surface area contributed by atoms with Crippen LogP contribution in [0.3, 0.4) is 0 Å². The van der Waals surface area contributed by atoms with Crippen LogP contribution in [0.5, 0.6) is 0 Å². The number of nitrogens with one attached hydrogen (secondary N) is 2. The normalized spacial score (nSPS) is 21.5. The number of piperazine rings is 1. The van der Waals surface area contributed by atoms with Crippen molar-refractivity contribution in [2.75, 3.05) is 77.5 Å². The number of aromatic nitrogens is 1. The van der Waals surface area contributed by atoms with Crippen LogP contribution in [-0.4, -0.2) is 99.4 Å². The highest BCUT2D eigenvalue weighted by Crippen LogP contribution is 2.14. The van der Waals surface area contributed by atoms with Gasteiger partial charge in [0.2, 0.25) is 0 Å². The monoisotopic (exact) mass is 431 g/mol. The molecule has 1 atom stereocenters. The molecule has 0 radical (unpaired) electrons. The van der Waals surface area contributed by atoms with Crippen molar-refractivity contribution in [3.8, 4) is 0 Å². The molecule has 2 aliphatic heterocycles. The number of likely N-dealkylation sites (N-methyl/N-ethyl adjacent to an activating group) is 1. The molecule has 1 aromatic rings. The first-order chi connectivity index (χ1) is 15.0. The van der Waals surface area contributed by atoms with E-state index in [1.807, 2.05) is 6.20 Å². The molecule has 0 saturated carbocycles. The summed E-state index contributed by atoms with van der Waals surface area (Å²) in [6.45, 7) is 17.0. The largest absolute Gasteiger partial charge is 0.374 e. The Balaban J connectivity index is 1.48. The van der Waals surface area contributed by atoms with Gasteiger partial charge in [-0.1, -0.05) is 19.9 Å². The zero-order valence-corrected chi connectivity index (χ0v) is 19.8. The van der Waals surface area contributed by atoms with Crippen molar-refractivity contribution in [3.63, 3.8) is 0 Å². The second-order valence-corrected chi connectivity index (χ2v) is 9.04. The Morgan fingerprint density at radius 1 is 1.19 bits per heavy atom. The number of anilines is 1. The number of nitrogens with zero attached hydrogens (tertiary/aromatic N) is 5. The summed E-state index contributed by atoms with van der Waals surface area (Å²) < 4.78 is 5.95. The number of aliphatic imine (C=N–C) groups is 1. The Bertz CT molecular complexity index is 671. The fraction of sp³-hybridized carbons (Fsp3) is 0.739. The van der Waals surface area contributed by atoms with E-state index in [1.54, 1.807) is 0 Å². The van der Waals surface area contributed by atoms with E-state index >= 15 is 0 Å². The molecule has 174 valence electrons. The van der Waals surface area contributed by atoms with E-state index in [4.69, 9.17) is 9.73 Å². The van der Waals surface area contributed by atoms with Crippen LogP contribution < -0.4 is 15.5 Å². The third-order valence-corrected chi connectivity index (χ3v) is 5.74. The van der Waals surface area contributed by atoms with Crippen LogP contribution in [0.15, 0.2) is 23.3 Å². The molecule has 0 aromatic carbocycles. The van der Waals surface area contributed by atoms with E-state index < -0.39 is 0 Å². The summed E-state index contributed by atoms with van der Waals surface area (Å²) in [7, 11) is 2.17. The van der Waals surface area contributed by atoms with Gasteiger partial charge in [0.05, 0.1) is 19.3 Å². The maximum Gasteiger partial charge on any atom is 0.191 e. The second-order valence-electron chi connectivity index (χ2n) is 9.04. The van der Waals surface area contributed by atoms with Gasteiger partial charge >= 0.3 is 0 Å². The molecule has 2 fully saturated rings. The number of ether oxygens (including phenoxy) is 1. The van der Waals surface area contributed by atoms with Gasteiger partial charge in [-0.2, -0.15) is 0 Å². The number of hydrogen-bond donors (Lipinski definition) is 2. The summed E-state index contributed by atoms with van der Waals surface area (Å²) >= 11 is 0. The van der Waals surface area contributed by atoms with Gasteiger partial charge in [0.25, 0.3) is 0 Å². The molecule has 3 rings (SSSR count). The van der Waals surface area contributed by atoms with Gasteiger partial charge < -0.3 is 25.2 Å². The highest BCUT2D eigenvalue weighted by atomic mass is 16.5. The molecule has 3 heterocycles. The fourth-order valence-electron chi connectivity index (χ4n) is 4.04. The maximum absolute atomic E-state index is 5.95. The minimum atomic E-state index is 0.195. The molecule has 0 amide bonds. The molecule has 0 bridgehead atoms. The standard InChI is InChI=1S/C23H41N7O/c1-5-24-23(27-16-21-18-29(12-13-31-21)17-19(2)3)26-15-20-6-7-22(25-14-20)30-10-8-28(4)9-11-30/h6-7,14,19,21H,5,8-13,15-18H2,1-4H3,(H2,24,26,27). The van der Waals surface area contributed by atoms with Crippen LogP contribution in [0.4, 0.5) is 5.82 Å². The highest BCUT2D eigenvalue weighted by molar-refractivity contribution is 5.79. The van der Waals surface area contributed by atoms with Crippen LogP contribution in [0.2, 0.25) is 0 Å². The van der Waals surface area contributed by atoms with Crippen LogP contribution in [0.25, 0.3) is 0 Å². The third-order valence-electron chi connectivity index (χ3n) is 5.74. The molecule has 0 aliphatic carbocycles. The second kappa shape index (κ2) is 12.2. The molecular weight excluding hydrogens is 390 g/mol. The van der Waals surface area contributed by atoms with Crippen molar-refractivity contribution in [2.45, 2.75) is 33.4 Å². The number of pyridine rings is 1. The number of rotatable bonds is 8. The van der Waals surface area contributed by atoms with Crippen molar-refractivity contribution in [2.24, 2.45) is 10.9 Å². The Morgan fingerprint density at radius 2 is 2.00 bits per heavy atom. The SMILES string of the molecule is CCNC(=NCc1ccc(N2CCN(C)CC2)nc1)NCC1CN(CC(C)C)CCO1. The Morgan fingerprint density at radius 3 is 2.68 bits per heavy atom. The zero-order chi connectivity index (χ0) is 22.1.